The lowest BCUT2D eigenvalue weighted by atomic mass is 9.97. The third-order valence-corrected chi connectivity index (χ3v) is 21.3. The summed E-state index contributed by atoms with van der Waals surface area (Å²) < 4.78 is 34.3. The van der Waals surface area contributed by atoms with E-state index in [1.54, 1.807) is 80.0 Å². The van der Waals surface area contributed by atoms with E-state index >= 15 is 4.79 Å². The van der Waals surface area contributed by atoms with Crippen LogP contribution in [0, 0.1) is 29.6 Å². The fourth-order valence-electron chi connectivity index (χ4n) is 14.6. The highest BCUT2D eigenvalue weighted by Crippen LogP contribution is 2.44. The second-order valence-electron chi connectivity index (χ2n) is 34.4. The van der Waals surface area contributed by atoms with Gasteiger partial charge in [0, 0.05) is 12.3 Å². The molecule has 8 N–H and O–H groups in total. The Labute approximate surface area is 711 Å². The Morgan fingerprint density at radius 3 is 1.33 bits per heavy atom. The van der Waals surface area contributed by atoms with Crippen LogP contribution in [0.1, 0.15) is 265 Å². The van der Waals surface area contributed by atoms with E-state index in [9.17, 15) is 47.9 Å². The molecule has 0 heterocycles. The van der Waals surface area contributed by atoms with Crippen molar-refractivity contribution >= 4 is 65.4 Å². The zero-order chi connectivity index (χ0) is 88.0. The number of fused-ring (bicyclic) bond motifs is 3. The molecule has 9 atom stereocenters. The summed E-state index contributed by atoms with van der Waals surface area (Å²) in [7, 11) is 3.10. The lowest BCUT2D eigenvalue weighted by molar-refractivity contribution is -0.160. The van der Waals surface area contributed by atoms with Gasteiger partial charge in [0.05, 0.1) is 33.1 Å². The summed E-state index contributed by atoms with van der Waals surface area (Å²) in [5, 5.41) is 22.6. The van der Waals surface area contributed by atoms with Crippen molar-refractivity contribution in [3.8, 4) is 22.6 Å². The molecule has 6 rings (SSSR count). The minimum absolute atomic E-state index is 0.0317. The number of methoxy groups -OCH3 is 2. The van der Waals surface area contributed by atoms with Crippen LogP contribution in [0.2, 0.25) is 0 Å². The van der Waals surface area contributed by atoms with E-state index in [0.29, 0.717) is 30.8 Å². The van der Waals surface area contributed by atoms with Gasteiger partial charge in [-0.1, -0.05) is 250 Å². The first kappa shape index (κ1) is 98.5. The first-order chi connectivity index (χ1) is 57.2. The average molecular weight is 1660 g/mol. The first-order valence-corrected chi connectivity index (χ1v) is 43.3. The van der Waals surface area contributed by atoms with Gasteiger partial charge in [0.1, 0.15) is 78.7 Å². The number of carbonyl (C=O) groups excluding carboxylic acids is 11. The number of nitrogens with one attached hydrogen (secondary N) is 8. The van der Waals surface area contributed by atoms with Gasteiger partial charge in [0.25, 0.3) is 0 Å². The van der Waals surface area contributed by atoms with E-state index in [1.807, 2.05) is 152 Å². The van der Waals surface area contributed by atoms with Crippen molar-refractivity contribution in [2.45, 2.75) is 298 Å². The van der Waals surface area contributed by atoms with Crippen LogP contribution < -0.4 is 52.0 Å². The summed E-state index contributed by atoms with van der Waals surface area (Å²) in [4.78, 5) is 160. The SMILES string of the molecule is CCCCCCCCCCCCCC(CC(=O)OCc1ccccc1)OC(=O)[C@@H](NC(=O)[C@@H](CC(C)C)NC(=O)[C@H](CC(=O)OC(C)(C)C)NC(=O)[C@@H](NC(=O)[C@@H](CC(C)C)NC(=O)[C@H](CC(C)C)NC(=O)[C@H](CCC(=O)NC(c1ccc(OC)cc1)c1ccc(OC)cc1)NC(=O)OCC1c2ccccc2-c2ccccc21)C(C)C)[C@@H](C)CC. The van der Waals surface area contributed by atoms with Gasteiger partial charge in [-0.2, -0.15) is 0 Å². The second-order valence-corrected chi connectivity index (χ2v) is 34.4. The lowest BCUT2D eigenvalue weighted by Crippen LogP contribution is -2.61. The molecular weight excluding hydrogens is 1530 g/mol. The zero-order valence-corrected chi connectivity index (χ0v) is 73.8. The van der Waals surface area contributed by atoms with Crippen LogP contribution in [-0.2, 0) is 73.5 Å². The van der Waals surface area contributed by atoms with Crippen LogP contribution in [0.3, 0.4) is 0 Å². The van der Waals surface area contributed by atoms with Crippen molar-refractivity contribution in [1.82, 2.24) is 42.5 Å². The number of amides is 8. The molecule has 5 aromatic rings. The Bertz CT molecular complexity index is 3980. The number of ether oxygens (including phenoxy) is 6. The number of benzene rings is 5. The predicted octanol–water partition coefficient (Wildman–Crippen LogP) is 14.8. The molecule has 0 bridgehead atoms. The van der Waals surface area contributed by atoms with Gasteiger partial charge in [-0.05, 0) is 152 Å². The Hall–Kier alpha value is -10.3. The highest BCUT2D eigenvalue weighted by Gasteiger charge is 2.40. The summed E-state index contributed by atoms with van der Waals surface area (Å²) in [5.41, 5.74) is 5.12. The number of rotatable bonds is 52. The van der Waals surface area contributed by atoms with Gasteiger partial charge >= 0.3 is 24.0 Å². The summed E-state index contributed by atoms with van der Waals surface area (Å²) >= 11 is 0. The van der Waals surface area contributed by atoms with Crippen LogP contribution in [0.5, 0.6) is 11.5 Å². The van der Waals surface area contributed by atoms with E-state index in [2.05, 4.69) is 49.5 Å². The molecule has 5 aromatic carbocycles. The van der Waals surface area contributed by atoms with E-state index in [0.717, 1.165) is 64.6 Å². The average Bonchev–Trinajstić information content (AvgIpc) is 1.61. The lowest BCUT2D eigenvalue weighted by Gasteiger charge is -2.30. The standard InChI is InChI=1S/C95H136N8O17/c1-17-19-20-21-22-23-24-25-26-27-31-38-70(56-82(105)117-58-65-36-29-28-30-37-65)119-93(113)85(64(11)18-2)103-91(111)79(55-62(7)8)98-89(109)80(57-83(106)120-95(12,13)14)99-92(112)84(63(9)10)102-90(110)78(54-61(5)6)97-88(108)77(53-60(3)4)96-87(107)76(100-94(114)118-59-75-73-41-34-32-39-71(73)72-40-33-35-42-74(72)75)51-52-81(104)101-86(66-43-47-68(115-15)48-44-66)67-45-49-69(116-16)50-46-67/h28-30,32-37,39-50,60-64,70,75-80,84-86H,17-27,31,38,51-59H2,1-16H3,(H,96,107)(H,97,108)(H,98,109)(H,99,112)(H,100,114)(H,101,104)(H,102,110)(H,103,111)/t64-,70?,76-,77-,78+,79+,80-,84-,85-/m0/s1. The van der Waals surface area contributed by atoms with Gasteiger partial charge < -0.3 is 71.0 Å². The fraction of sp³-hybridized carbons (Fsp3) is 0.568. The Kier molecular flexibility index (Phi) is 41.6. The molecule has 25 heteroatoms. The summed E-state index contributed by atoms with van der Waals surface area (Å²) in [6.07, 6.45) is 9.67. The molecule has 1 unspecified atom stereocenters. The maximum Gasteiger partial charge on any atom is 0.407 e. The van der Waals surface area contributed by atoms with Crippen molar-refractivity contribution in [2.24, 2.45) is 29.6 Å². The summed E-state index contributed by atoms with van der Waals surface area (Å²) in [6.45, 7) is 24.9. The molecule has 1 aliphatic rings. The van der Waals surface area contributed by atoms with Crippen LogP contribution >= 0.6 is 0 Å². The van der Waals surface area contributed by atoms with E-state index in [4.69, 9.17) is 28.4 Å². The molecule has 120 heavy (non-hydrogen) atoms. The van der Waals surface area contributed by atoms with Crippen LogP contribution in [0.25, 0.3) is 11.1 Å². The minimum Gasteiger partial charge on any atom is -0.497 e. The molecule has 658 valence electrons. The molecule has 1 aliphatic carbocycles. The predicted molar refractivity (Wildman–Crippen MR) is 464 cm³/mol. The number of alkyl carbamates (subject to hydrolysis) is 1. The molecule has 0 saturated carbocycles. The zero-order valence-electron chi connectivity index (χ0n) is 73.8. The second kappa shape index (κ2) is 50.7. The summed E-state index contributed by atoms with van der Waals surface area (Å²) in [5.74, 6) is -8.75. The number of hydrogen-bond acceptors (Lipinski definition) is 17. The van der Waals surface area contributed by atoms with Crippen LogP contribution in [0.15, 0.2) is 127 Å². The van der Waals surface area contributed by atoms with Crippen LogP contribution in [0.4, 0.5) is 4.79 Å². The number of unbranched alkanes of at least 4 members (excludes halogenated alkanes) is 10. The molecular formula is C95H136N8O17. The minimum atomic E-state index is -1.71. The molecule has 0 spiro atoms. The van der Waals surface area contributed by atoms with Crippen molar-refractivity contribution in [2.75, 3.05) is 20.8 Å². The maximum absolute atomic E-state index is 15.0. The Morgan fingerprint density at radius 1 is 0.425 bits per heavy atom. The topological polar surface area (TPSA) is 339 Å². The molecule has 25 nitrogen and oxygen atoms in total. The highest BCUT2D eigenvalue weighted by atomic mass is 16.6. The largest absolute Gasteiger partial charge is 0.497 e. The van der Waals surface area contributed by atoms with Crippen molar-refractivity contribution < 1.29 is 81.2 Å². The van der Waals surface area contributed by atoms with E-state index < -0.39 is 144 Å². The molecule has 0 aromatic heterocycles. The van der Waals surface area contributed by atoms with Crippen LogP contribution in [-0.4, -0.2) is 140 Å². The highest BCUT2D eigenvalue weighted by molar-refractivity contribution is 5.99. The molecule has 8 amide bonds. The normalized spacial score (nSPS) is 14.1. The van der Waals surface area contributed by atoms with Gasteiger partial charge in [-0.15, -0.1) is 0 Å². The number of esters is 3. The van der Waals surface area contributed by atoms with Crippen molar-refractivity contribution in [3.05, 3.63) is 155 Å². The molecule has 0 fully saturated rings. The van der Waals surface area contributed by atoms with Gasteiger partial charge in [-0.3, -0.25) is 43.2 Å². The fourth-order valence-corrected chi connectivity index (χ4v) is 14.6. The number of carbonyl (C=O) groups is 11. The van der Waals surface area contributed by atoms with E-state index in [-0.39, 0.29) is 75.4 Å². The maximum atomic E-state index is 15.0. The molecule has 0 saturated heterocycles. The quantitative estimate of drug-likeness (QED) is 0.0102. The Morgan fingerprint density at radius 2 is 0.867 bits per heavy atom. The molecule has 0 aliphatic heterocycles. The van der Waals surface area contributed by atoms with Crippen molar-refractivity contribution in [3.63, 3.8) is 0 Å². The smallest absolute Gasteiger partial charge is 0.407 e. The summed E-state index contributed by atoms with van der Waals surface area (Å²) in [6, 6.07) is 28.7. The van der Waals surface area contributed by atoms with Gasteiger partial charge in [-0.25, -0.2) is 9.59 Å². The van der Waals surface area contributed by atoms with Gasteiger partial charge in [0.2, 0.25) is 41.4 Å². The molecule has 0 radical (unpaired) electrons. The third-order valence-electron chi connectivity index (χ3n) is 21.3. The van der Waals surface area contributed by atoms with Crippen molar-refractivity contribution in [1.29, 1.82) is 0 Å². The Balaban J connectivity index is 1.20. The first-order valence-electron chi connectivity index (χ1n) is 43.3. The van der Waals surface area contributed by atoms with E-state index in [1.165, 1.54) is 38.5 Å². The third kappa shape index (κ3) is 33.7. The number of hydrogen-bond donors (Lipinski definition) is 8. The van der Waals surface area contributed by atoms with Gasteiger partial charge in [0.15, 0.2) is 0 Å². The monoisotopic (exact) mass is 1660 g/mol.